The molecule has 5 aromatic rings. The fraction of sp³-hybridized carbons (Fsp3) is 0.103. The van der Waals surface area contributed by atoms with Gasteiger partial charge in [-0.3, -0.25) is 14.4 Å². The molecule has 1 unspecified atom stereocenters. The molecule has 3 amide bonds. The Morgan fingerprint density at radius 3 is 2.15 bits per heavy atom. The minimum absolute atomic E-state index is 0.0308. The third-order valence-electron chi connectivity index (χ3n) is 7.09. The highest BCUT2D eigenvalue weighted by Gasteiger charge is 2.23. The van der Waals surface area contributed by atoms with Gasteiger partial charge in [0.25, 0.3) is 11.8 Å². The van der Waals surface area contributed by atoms with Crippen LogP contribution >= 0.6 is 11.8 Å². The molecule has 0 radical (unpaired) electrons. The van der Waals surface area contributed by atoms with Gasteiger partial charge in [-0.1, -0.05) is 72.8 Å². The van der Waals surface area contributed by atoms with E-state index in [9.17, 15) is 14.4 Å². The van der Waals surface area contributed by atoms with Crippen molar-refractivity contribution in [2.45, 2.75) is 17.1 Å². The van der Waals surface area contributed by atoms with Gasteiger partial charge in [-0.2, -0.15) is 0 Å². The zero-order chi connectivity index (χ0) is 33.7. The number of hydrogen-bond acceptors (Lipinski definition) is 6. The van der Waals surface area contributed by atoms with Gasteiger partial charge in [0.1, 0.15) is 22.4 Å². The molecular weight excluding hydrogens is 623 g/mol. The van der Waals surface area contributed by atoms with E-state index in [-0.39, 0.29) is 11.6 Å². The number of methoxy groups -OCH3 is 1. The van der Waals surface area contributed by atoms with Gasteiger partial charge < -0.3 is 25.4 Å². The molecule has 1 atom stereocenters. The Morgan fingerprint density at radius 1 is 0.750 bits per heavy atom. The average Bonchev–Trinajstić information content (AvgIpc) is 3.12. The van der Waals surface area contributed by atoms with E-state index >= 15 is 0 Å². The van der Waals surface area contributed by atoms with Gasteiger partial charge in [0.15, 0.2) is 0 Å². The van der Waals surface area contributed by atoms with Crippen LogP contribution in [-0.2, 0) is 9.59 Å². The molecule has 0 aliphatic rings. The monoisotopic (exact) mass is 657 g/mol. The molecule has 5 aromatic carbocycles. The van der Waals surface area contributed by atoms with Gasteiger partial charge in [-0.05, 0) is 79.2 Å². The zero-order valence-corrected chi connectivity index (χ0v) is 27.3. The van der Waals surface area contributed by atoms with Crippen LogP contribution in [0.25, 0.3) is 6.08 Å². The fourth-order valence-corrected chi connectivity index (χ4v) is 5.86. The maximum atomic E-state index is 13.7. The van der Waals surface area contributed by atoms with Crippen molar-refractivity contribution < 1.29 is 23.9 Å². The Kier molecular flexibility index (Phi) is 11.7. The number of rotatable bonds is 13. The number of benzene rings is 5. The van der Waals surface area contributed by atoms with Gasteiger partial charge >= 0.3 is 0 Å². The maximum Gasteiger partial charge on any atom is 0.272 e. The molecule has 5 rings (SSSR count). The lowest BCUT2D eigenvalue weighted by atomic mass is 10.1. The van der Waals surface area contributed by atoms with Crippen molar-refractivity contribution in [2.75, 3.05) is 24.4 Å². The summed E-state index contributed by atoms with van der Waals surface area (Å²) in [6.07, 6.45) is 1.57. The first-order valence-corrected chi connectivity index (χ1v) is 16.2. The molecule has 242 valence electrons. The first-order valence-electron chi connectivity index (χ1n) is 15.3. The van der Waals surface area contributed by atoms with E-state index in [1.807, 2.05) is 73.7 Å². The third-order valence-corrected chi connectivity index (χ3v) is 8.33. The molecule has 0 heterocycles. The number of anilines is 2. The van der Waals surface area contributed by atoms with Gasteiger partial charge in [0, 0.05) is 27.4 Å². The number of amides is 3. The lowest BCUT2D eigenvalue weighted by Crippen LogP contribution is -2.30. The van der Waals surface area contributed by atoms with Gasteiger partial charge in [0.2, 0.25) is 5.91 Å². The van der Waals surface area contributed by atoms with Crippen LogP contribution < -0.4 is 25.4 Å². The summed E-state index contributed by atoms with van der Waals surface area (Å²) in [5.74, 6) is 0.116. The van der Waals surface area contributed by atoms with Crippen molar-refractivity contribution in [2.24, 2.45) is 0 Å². The summed E-state index contributed by atoms with van der Waals surface area (Å²) in [5, 5.41) is 8.09. The van der Waals surface area contributed by atoms with Crippen molar-refractivity contribution in [3.63, 3.8) is 0 Å². The van der Waals surface area contributed by atoms with Crippen molar-refractivity contribution in [1.82, 2.24) is 5.32 Å². The molecule has 0 aliphatic carbocycles. The molecule has 0 fully saturated rings. The predicted octanol–water partition coefficient (Wildman–Crippen LogP) is 7.98. The first kappa shape index (κ1) is 33.6. The smallest absolute Gasteiger partial charge is 0.272 e. The van der Waals surface area contributed by atoms with Crippen LogP contribution in [0, 0.1) is 0 Å². The molecule has 0 aliphatic heterocycles. The lowest BCUT2D eigenvalue weighted by Gasteiger charge is -2.18. The molecule has 0 saturated carbocycles. The average molecular weight is 658 g/mol. The van der Waals surface area contributed by atoms with Crippen LogP contribution in [-0.4, -0.2) is 31.4 Å². The predicted molar refractivity (Wildman–Crippen MR) is 191 cm³/mol. The van der Waals surface area contributed by atoms with Crippen molar-refractivity contribution >= 4 is 46.9 Å². The normalized spacial score (nSPS) is 11.6. The van der Waals surface area contributed by atoms with Crippen LogP contribution in [0.2, 0.25) is 0 Å². The third kappa shape index (κ3) is 9.14. The zero-order valence-electron chi connectivity index (χ0n) is 26.5. The second-order valence-electron chi connectivity index (χ2n) is 10.5. The van der Waals surface area contributed by atoms with E-state index in [4.69, 9.17) is 9.47 Å². The minimum atomic E-state index is -0.588. The SMILES string of the molecule is CCOc1ccc(NC(=O)C(Sc2cccc(NC(=O)/C(=C\c3ccccc3OC)NC(=O)c3ccccc3)c2)c2ccccc2)cc1. The summed E-state index contributed by atoms with van der Waals surface area (Å²) < 4.78 is 11.0. The molecular formula is C39H35N3O5S. The Labute approximate surface area is 284 Å². The molecule has 0 bridgehead atoms. The van der Waals surface area contributed by atoms with E-state index < -0.39 is 17.1 Å². The lowest BCUT2D eigenvalue weighted by molar-refractivity contribution is -0.116. The number of thioether (sulfide) groups is 1. The standard InChI is InChI=1S/C39H35N3O5S/c1-3-47-32-23-21-30(22-24-32)40-39(45)36(27-13-6-4-7-14-27)48-33-19-12-18-31(26-33)41-38(44)34(25-29-17-10-11-20-35(29)46-2)42-37(43)28-15-8-5-9-16-28/h4-26,36H,3H2,1-2H3,(H,40,45)(H,41,44)(H,42,43)/b34-25+. The Hall–Kier alpha value is -5.80. The maximum absolute atomic E-state index is 13.7. The molecule has 48 heavy (non-hydrogen) atoms. The van der Waals surface area contributed by atoms with Gasteiger partial charge in [-0.15, -0.1) is 11.8 Å². The number of carbonyl (C=O) groups excluding carboxylic acids is 3. The highest BCUT2D eigenvalue weighted by Crippen LogP contribution is 2.37. The van der Waals surface area contributed by atoms with Crippen molar-refractivity contribution in [3.8, 4) is 11.5 Å². The van der Waals surface area contributed by atoms with E-state index in [2.05, 4.69) is 16.0 Å². The number of hydrogen-bond donors (Lipinski definition) is 3. The second-order valence-corrected chi connectivity index (χ2v) is 11.6. The van der Waals surface area contributed by atoms with Gasteiger partial charge in [0.05, 0.1) is 13.7 Å². The Balaban J connectivity index is 1.37. The minimum Gasteiger partial charge on any atom is -0.496 e. The largest absolute Gasteiger partial charge is 0.496 e. The summed E-state index contributed by atoms with van der Waals surface area (Å²) in [6, 6.07) is 39.8. The van der Waals surface area contributed by atoms with Crippen molar-refractivity contribution in [1.29, 1.82) is 0 Å². The molecule has 0 spiro atoms. The molecule has 0 saturated heterocycles. The Bertz CT molecular complexity index is 1880. The summed E-state index contributed by atoms with van der Waals surface area (Å²) in [4.78, 5) is 41.2. The second kappa shape index (κ2) is 16.7. The van der Waals surface area contributed by atoms with E-state index in [0.717, 1.165) is 16.2 Å². The summed E-state index contributed by atoms with van der Waals surface area (Å²) in [6.45, 7) is 2.47. The molecule has 9 heteroatoms. The summed E-state index contributed by atoms with van der Waals surface area (Å²) in [7, 11) is 1.54. The quantitative estimate of drug-likeness (QED) is 0.0876. The van der Waals surface area contributed by atoms with Crippen LogP contribution in [0.15, 0.2) is 144 Å². The van der Waals surface area contributed by atoms with Crippen LogP contribution in [0.5, 0.6) is 11.5 Å². The van der Waals surface area contributed by atoms with Crippen LogP contribution in [0.1, 0.15) is 33.7 Å². The topological polar surface area (TPSA) is 106 Å². The number of para-hydroxylation sites is 1. The van der Waals surface area contributed by atoms with Crippen LogP contribution in [0.4, 0.5) is 11.4 Å². The first-order chi connectivity index (χ1) is 23.4. The van der Waals surface area contributed by atoms with E-state index in [1.165, 1.54) is 11.8 Å². The van der Waals surface area contributed by atoms with Crippen molar-refractivity contribution in [3.05, 3.63) is 156 Å². The van der Waals surface area contributed by atoms with Gasteiger partial charge in [-0.25, -0.2) is 0 Å². The molecule has 0 aromatic heterocycles. The highest BCUT2D eigenvalue weighted by atomic mass is 32.2. The number of carbonyl (C=O) groups is 3. The molecule has 8 nitrogen and oxygen atoms in total. The fourth-order valence-electron chi connectivity index (χ4n) is 4.77. The van der Waals surface area contributed by atoms with E-state index in [0.29, 0.717) is 34.9 Å². The summed E-state index contributed by atoms with van der Waals surface area (Å²) >= 11 is 1.36. The van der Waals surface area contributed by atoms with E-state index in [1.54, 1.807) is 79.9 Å². The molecule has 3 N–H and O–H groups in total. The summed E-state index contributed by atoms with van der Waals surface area (Å²) in [5.41, 5.74) is 3.02. The number of ether oxygens (including phenoxy) is 2. The Morgan fingerprint density at radius 2 is 1.44 bits per heavy atom. The number of nitrogens with one attached hydrogen (secondary N) is 3. The highest BCUT2D eigenvalue weighted by molar-refractivity contribution is 8.00. The van der Waals surface area contributed by atoms with Crippen LogP contribution in [0.3, 0.4) is 0 Å².